The van der Waals surface area contributed by atoms with Gasteiger partial charge in [-0.1, -0.05) is 18.2 Å². The summed E-state index contributed by atoms with van der Waals surface area (Å²) in [5.41, 5.74) is 2.25. The fourth-order valence-corrected chi connectivity index (χ4v) is 2.30. The SMILES string of the molecule is CNC(=O)CN(C)C(=O)C1CNc2ccccc2C1. The molecule has 1 aliphatic heterocycles. The van der Waals surface area contributed by atoms with Gasteiger partial charge in [0.05, 0.1) is 12.5 Å². The number of nitrogens with one attached hydrogen (secondary N) is 2. The molecule has 0 bridgehead atoms. The first-order valence-corrected chi connectivity index (χ1v) is 6.39. The average molecular weight is 261 g/mol. The number of anilines is 1. The molecular weight excluding hydrogens is 242 g/mol. The zero-order valence-electron chi connectivity index (χ0n) is 11.3. The van der Waals surface area contributed by atoms with Gasteiger partial charge in [-0.05, 0) is 18.1 Å². The molecule has 0 fully saturated rings. The molecule has 0 saturated heterocycles. The maximum atomic E-state index is 12.3. The van der Waals surface area contributed by atoms with E-state index in [1.807, 2.05) is 24.3 Å². The summed E-state index contributed by atoms with van der Waals surface area (Å²) in [5.74, 6) is -0.254. The highest BCUT2D eigenvalue weighted by Gasteiger charge is 2.27. The highest BCUT2D eigenvalue weighted by Crippen LogP contribution is 2.25. The molecule has 5 nitrogen and oxygen atoms in total. The third-order valence-corrected chi connectivity index (χ3v) is 3.41. The first kappa shape index (κ1) is 13.4. The number of rotatable bonds is 3. The highest BCUT2D eigenvalue weighted by molar-refractivity contribution is 5.86. The molecule has 1 aromatic rings. The largest absolute Gasteiger partial charge is 0.384 e. The van der Waals surface area contributed by atoms with Crippen molar-refractivity contribution in [1.29, 1.82) is 0 Å². The average Bonchev–Trinajstić information content (AvgIpc) is 2.45. The van der Waals surface area contributed by atoms with Crippen molar-refractivity contribution in [2.75, 3.05) is 32.5 Å². The summed E-state index contributed by atoms with van der Waals surface area (Å²) < 4.78 is 0. The van der Waals surface area contributed by atoms with E-state index in [-0.39, 0.29) is 24.3 Å². The van der Waals surface area contributed by atoms with Crippen LogP contribution < -0.4 is 10.6 Å². The Hall–Kier alpha value is -2.04. The van der Waals surface area contributed by atoms with E-state index in [2.05, 4.69) is 10.6 Å². The number of carbonyl (C=O) groups is 2. The van der Waals surface area contributed by atoms with Gasteiger partial charge in [-0.3, -0.25) is 9.59 Å². The summed E-state index contributed by atoms with van der Waals surface area (Å²) in [6, 6.07) is 8.00. The predicted molar refractivity (Wildman–Crippen MR) is 73.8 cm³/mol. The number of hydrogen-bond donors (Lipinski definition) is 2. The second-order valence-corrected chi connectivity index (χ2v) is 4.81. The third kappa shape index (κ3) is 3.05. The number of fused-ring (bicyclic) bond motifs is 1. The Kier molecular flexibility index (Phi) is 4.04. The fourth-order valence-electron chi connectivity index (χ4n) is 2.30. The van der Waals surface area contributed by atoms with Crippen LogP contribution in [0.3, 0.4) is 0 Å². The van der Waals surface area contributed by atoms with E-state index in [9.17, 15) is 9.59 Å². The number of amides is 2. The van der Waals surface area contributed by atoms with Crippen LogP contribution in [-0.2, 0) is 16.0 Å². The van der Waals surface area contributed by atoms with Gasteiger partial charge in [-0.25, -0.2) is 0 Å². The molecule has 19 heavy (non-hydrogen) atoms. The standard InChI is InChI=1S/C14H19N3O2/c1-15-13(18)9-17(2)14(19)11-7-10-5-3-4-6-12(10)16-8-11/h3-6,11,16H,7-9H2,1-2H3,(H,15,18). The molecule has 1 heterocycles. The highest BCUT2D eigenvalue weighted by atomic mass is 16.2. The van der Waals surface area contributed by atoms with Crippen molar-refractivity contribution in [2.45, 2.75) is 6.42 Å². The third-order valence-electron chi connectivity index (χ3n) is 3.41. The van der Waals surface area contributed by atoms with Crippen LogP contribution in [0.1, 0.15) is 5.56 Å². The van der Waals surface area contributed by atoms with Crippen molar-refractivity contribution in [1.82, 2.24) is 10.2 Å². The minimum atomic E-state index is -0.153. The summed E-state index contributed by atoms with van der Waals surface area (Å²) in [4.78, 5) is 25.0. The lowest BCUT2D eigenvalue weighted by atomic mass is 9.93. The molecular formula is C14H19N3O2. The Morgan fingerprint density at radius 2 is 2.16 bits per heavy atom. The lowest BCUT2D eigenvalue weighted by Crippen LogP contribution is -2.43. The van der Waals surface area contributed by atoms with Crippen LogP contribution in [-0.4, -0.2) is 43.9 Å². The van der Waals surface area contributed by atoms with Crippen molar-refractivity contribution in [3.8, 4) is 0 Å². The van der Waals surface area contributed by atoms with Crippen molar-refractivity contribution >= 4 is 17.5 Å². The van der Waals surface area contributed by atoms with Gasteiger partial charge < -0.3 is 15.5 Å². The Labute approximate surface area is 113 Å². The van der Waals surface area contributed by atoms with Gasteiger partial charge in [-0.15, -0.1) is 0 Å². The minimum absolute atomic E-state index is 0.00519. The van der Waals surface area contributed by atoms with E-state index in [4.69, 9.17) is 0 Å². The Balaban J connectivity index is 2.00. The number of carbonyl (C=O) groups excluding carboxylic acids is 2. The van der Waals surface area contributed by atoms with Crippen molar-refractivity contribution in [3.05, 3.63) is 29.8 Å². The van der Waals surface area contributed by atoms with Crippen LogP contribution in [0.25, 0.3) is 0 Å². The van der Waals surface area contributed by atoms with Crippen LogP contribution >= 0.6 is 0 Å². The number of likely N-dealkylation sites (N-methyl/N-ethyl adjacent to an activating group) is 2. The van der Waals surface area contributed by atoms with E-state index in [1.54, 1.807) is 14.1 Å². The van der Waals surface area contributed by atoms with E-state index in [0.717, 1.165) is 17.7 Å². The fraction of sp³-hybridized carbons (Fsp3) is 0.429. The normalized spacial score (nSPS) is 17.1. The number of hydrogen-bond acceptors (Lipinski definition) is 3. The van der Waals surface area contributed by atoms with Gasteiger partial charge in [0, 0.05) is 26.3 Å². The zero-order valence-corrected chi connectivity index (χ0v) is 11.3. The first-order chi connectivity index (χ1) is 9.11. The van der Waals surface area contributed by atoms with Crippen molar-refractivity contribution in [2.24, 2.45) is 5.92 Å². The lowest BCUT2D eigenvalue weighted by molar-refractivity contribution is -0.137. The van der Waals surface area contributed by atoms with E-state index in [1.165, 1.54) is 4.90 Å². The number of benzene rings is 1. The predicted octanol–water partition coefficient (Wildman–Crippen LogP) is 0.475. The molecule has 5 heteroatoms. The molecule has 0 radical (unpaired) electrons. The Bertz CT molecular complexity index is 487. The van der Waals surface area contributed by atoms with Gasteiger partial charge in [0.15, 0.2) is 0 Å². The molecule has 0 aliphatic carbocycles. The Morgan fingerprint density at radius 3 is 2.89 bits per heavy atom. The maximum absolute atomic E-state index is 12.3. The van der Waals surface area contributed by atoms with Gasteiger partial charge in [0.1, 0.15) is 0 Å². The molecule has 1 atom stereocenters. The summed E-state index contributed by atoms with van der Waals surface area (Å²) in [7, 11) is 3.23. The zero-order chi connectivity index (χ0) is 13.8. The molecule has 0 saturated carbocycles. The molecule has 2 rings (SSSR count). The van der Waals surface area contributed by atoms with Crippen LogP contribution in [0.15, 0.2) is 24.3 Å². The van der Waals surface area contributed by atoms with E-state index >= 15 is 0 Å². The summed E-state index contributed by atoms with van der Waals surface area (Å²) in [6.07, 6.45) is 0.722. The smallest absolute Gasteiger partial charge is 0.239 e. The van der Waals surface area contributed by atoms with Crippen LogP contribution in [0.2, 0.25) is 0 Å². The van der Waals surface area contributed by atoms with Gasteiger partial charge in [0.25, 0.3) is 0 Å². The van der Waals surface area contributed by atoms with Crippen molar-refractivity contribution in [3.63, 3.8) is 0 Å². The number of nitrogens with zero attached hydrogens (tertiary/aromatic N) is 1. The molecule has 0 aromatic heterocycles. The van der Waals surface area contributed by atoms with E-state index < -0.39 is 0 Å². The quantitative estimate of drug-likeness (QED) is 0.831. The minimum Gasteiger partial charge on any atom is -0.384 e. The number of para-hydroxylation sites is 1. The second-order valence-electron chi connectivity index (χ2n) is 4.81. The first-order valence-electron chi connectivity index (χ1n) is 6.39. The molecule has 2 amide bonds. The van der Waals surface area contributed by atoms with Crippen LogP contribution in [0.5, 0.6) is 0 Å². The molecule has 0 spiro atoms. The maximum Gasteiger partial charge on any atom is 0.239 e. The second kappa shape index (κ2) is 5.73. The molecule has 1 aromatic carbocycles. The van der Waals surface area contributed by atoms with Gasteiger partial charge >= 0.3 is 0 Å². The van der Waals surface area contributed by atoms with E-state index in [0.29, 0.717) is 6.54 Å². The lowest BCUT2D eigenvalue weighted by Gasteiger charge is -2.28. The Morgan fingerprint density at radius 1 is 1.42 bits per heavy atom. The summed E-state index contributed by atoms with van der Waals surface area (Å²) in [5, 5.41) is 5.79. The van der Waals surface area contributed by atoms with Crippen molar-refractivity contribution < 1.29 is 9.59 Å². The molecule has 2 N–H and O–H groups in total. The van der Waals surface area contributed by atoms with Crippen LogP contribution in [0, 0.1) is 5.92 Å². The monoisotopic (exact) mass is 261 g/mol. The molecule has 102 valence electrons. The summed E-state index contributed by atoms with van der Waals surface area (Å²) in [6.45, 7) is 0.724. The molecule has 1 aliphatic rings. The van der Waals surface area contributed by atoms with Gasteiger partial charge in [0.2, 0.25) is 11.8 Å². The molecule has 1 unspecified atom stereocenters. The van der Waals surface area contributed by atoms with Crippen LogP contribution in [0.4, 0.5) is 5.69 Å². The topological polar surface area (TPSA) is 61.4 Å². The van der Waals surface area contributed by atoms with Gasteiger partial charge in [-0.2, -0.15) is 0 Å². The summed E-state index contributed by atoms with van der Waals surface area (Å²) >= 11 is 0.